The smallest absolute Gasteiger partial charge is 0.247 e. The second-order valence-corrected chi connectivity index (χ2v) is 5.92. The summed E-state index contributed by atoms with van der Waals surface area (Å²) in [4.78, 5) is 12.1. The van der Waals surface area contributed by atoms with Gasteiger partial charge in [-0.3, -0.25) is 4.79 Å². The van der Waals surface area contributed by atoms with Crippen LogP contribution in [0.4, 0.5) is 0 Å². The number of nitrogens with one attached hydrogen (secondary N) is 1. The third-order valence-corrected chi connectivity index (χ3v) is 4.16. The average molecular weight is 299 g/mol. The molecule has 5 heteroatoms. The van der Waals surface area contributed by atoms with Crippen molar-refractivity contribution in [1.29, 1.82) is 0 Å². The lowest BCUT2D eigenvalue weighted by atomic mass is 9.89. The minimum atomic E-state index is 0.106. The molecule has 1 aliphatic rings. The van der Waals surface area contributed by atoms with Crippen LogP contribution in [0.15, 0.2) is 28.7 Å². The van der Waals surface area contributed by atoms with Crippen molar-refractivity contribution < 1.29 is 9.21 Å². The van der Waals surface area contributed by atoms with Crippen molar-refractivity contribution >= 4 is 5.91 Å². The van der Waals surface area contributed by atoms with Crippen LogP contribution in [-0.2, 0) is 11.3 Å². The van der Waals surface area contributed by atoms with Crippen LogP contribution in [0.3, 0.4) is 0 Å². The molecule has 22 heavy (non-hydrogen) atoms. The van der Waals surface area contributed by atoms with Crippen molar-refractivity contribution in [2.75, 3.05) is 0 Å². The first-order valence-electron chi connectivity index (χ1n) is 7.89. The van der Waals surface area contributed by atoms with Gasteiger partial charge in [0.15, 0.2) is 0 Å². The molecule has 116 valence electrons. The van der Waals surface area contributed by atoms with Gasteiger partial charge in [0, 0.05) is 11.5 Å². The van der Waals surface area contributed by atoms with Crippen molar-refractivity contribution in [3.8, 4) is 11.5 Å². The molecule has 0 atom stereocenters. The van der Waals surface area contributed by atoms with Gasteiger partial charge in [-0.2, -0.15) is 0 Å². The average Bonchev–Trinajstić information content (AvgIpc) is 3.03. The van der Waals surface area contributed by atoms with E-state index in [1.165, 1.54) is 12.0 Å². The van der Waals surface area contributed by atoms with E-state index in [1.54, 1.807) is 0 Å². The van der Waals surface area contributed by atoms with E-state index in [0.717, 1.165) is 31.2 Å². The maximum Gasteiger partial charge on any atom is 0.247 e. The van der Waals surface area contributed by atoms with E-state index in [0.29, 0.717) is 18.3 Å². The normalized spacial score (nSPS) is 15.7. The van der Waals surface area contributed by atoms with Gasteiger partial charge in [-0.25, -0.2) is 0 Å². The Morgan fingerprint density at radius 1 is 1.18 bits per heavy atom. The number of rotatable bonds is 4. The number of benzene rings is 1. The summed E-state index contributed by atoms with van der Waals surface area (Å²) >= 11 is 0. The lowest BCUT2D eigenvalue weighted by Crippen LogP contribution is -2.31. The highest BCUT2D eigenvalue weighted by molar-refractivity contribution is 5.78. The van der Waals surface area contributed by atoms with E-state index in [1.807, 2.05) is 31.2 Å². The number of amides is 1. The molecule has 1 N–H and O–H groups in total. The molecule has 1 saturated carbocycles. The Hall–Kier alpha value is -2.17. The monoisotopic (exact) mass is 299 g/mol. The Kier molecular flexibility index (Phi) is 4.51. The molecular formula is C17H21N3O2. The molecule has 5 nitrogen and oxygen atoms in total. The summed E-state index contributed by atoms with van der Waals surface area (Å²) in [7, 11) is 0. The Bertz CT molecular complexity index is 628. The van der Waals surface area contributed by atoms with E-state index in [9.17, 15) is 4.79 Å². The summed E-state index contributed by atoms with van der Waals surface area (Å²) in [6, 6.07) is 7.91. The minimum absolute atomic E-state index is 0.106. The fourth-order valence-electron chi connectivity index (χ4n) is 2.81. The number of nitrogens with zero attached hydrogens (tertiary/aromatic N) is 2. The zero-order valence-corrected chi connectivity index (χ0v) is 12.8. The van der Waals surface area contributed by atoms with Crippen molar-refractivity contribution in [2.24, 2.45) is 5.92 Å². The van der Waals surface area contributed by atoms with Gasteiger partial charge in [0.25, 0.3) is 0 Å². The van der Waals surface area contributed by atoms with Crippen LogP contribution in [0.1, 0.15) is 43.6 Å². The zero-order valence-electron chi connectivity index (χ0n) is 12.8. The van der Waals surface area contributed by atoms with Gasteiger partial charge in [0.1, 0.15) is 0 Å². The first-order chi connectivity index (χ1) is 10.7. The van der Waals surface area contributed by atoms with Gasteiger partial charge in [0.05, 0.1) is 6.54 Å². The summed E-state index contributed by atoms with van der Waals surface area (Å²) in [5, 5.41) is 10.9. The maximum atomic E-state index is 12.1. The SMILES string of the molecule is Cc1ccc(-c2nnc(CNC(=O)C3CCCCC3)o2)cc1. The molecular weight excluding hydrogens is 278 g/mol. The van der Waals surface area contributed by atoms with E-state index in [-0.39, 0.29) is 11.8 Å². The van der Waals surface area contributed by atoms with Crippen LogP contribution < -0.4 is 5.32 Å². The summed E-state index contributed by atoms with van der Waals surface area (Å²) < 4.78 is 5.61. The van der Waals surface area contributed by atoms with Gasteiger partial charge in [-0.05, 0) is 31.9 Å². The molecule has 0 aliphatic heterocycles. The number of carbonyl (C=O) groups excluding carboxylic acids is 1. The molecule has 3 rings (SSSR count). The van der Waals surface area contributed by atoms with Crippen LogP contribution >= 0.6 is 0 Å². The molecule has 0 radical (unpaired) electrons. The summed E-state index contributed by atoms with van der Waals surface area (Å²) in [6.07, 6.45) is 5.52. The number of aryl methyl sites for hydroxylation is 1. The number of carbonyl (C=O) groups is 1. The third kappa shape index (κ3) is 3.53. The Balaban J connectivity index is 1.57. The molecule has 1 aromatic heterocycles. The van der Waals surface area contributed by atoms with Crippen LogP contribution in [0.5, 0.6) is 0 Å². The van der Waals surface area contributed by atoms with Crippen molar-refractivity contribution in [1.82, 2.24) is 15.5 Å². The topological polar surface area (TPSA) is 68.0 Å². The molecule has 1 aromatic carbocycles. The highest BCUT2D eigenvalue weighted by Gasteiger charge is 2.21. The third-order valence-electron chi connectivity index (χ3n) is 4.16. The molecule has 1 amide bonds. The molecule has 1 fully saturated rings. The lowest BCUT2D eigenvalue weighted by Gasteiger charge is -2.20. The van der Waals surface area contributed by atoms with E-state index in [4.69, 9.17) is 4.42 Å². The predicted molar refractivity (Wildman–Crippen MR) is 82.9 cm³/mol. The fraction of sp³-hybridized carbons (Fsp3) is 0.471. The predicted octanol–water partition coefficient (Wildman–Crippen LogP) is 3.24. The Morgan fingerprint density at radius 3 is 2.64 bits per heavy atom. The molecule has 2 aromatic rings. The van der Waals surface area contributed by atoms with E-state index in [2.05, 4.69) is 15.5 Å². The first kappa shape index (κ1) is 14.8. The number of hydrogen-bond donors (Lipinski definition) is 1. The minimum Gasteiger partial charge on any atom is -0.419 e. The molecule has 0 unspecified atom stereocenters. The number of hydrogen-bond acceptors (Lipinski definition) is 4. The Labute approximate surface area is 130 Å². The molecule has 1 aliphatic carbocycles. The summed E-state index contributed by atoms with van der Waals surface area (Å²) in [5.74, 6) is 1.18. The van der Waals surface area contributed by atoms with Gasteiger partial charge < -0.3 is 9.73 Å². The standard InChI is InChI=1S/C17H21N3O2/c1-12-7-9-14(10-8-12)17-20-19-15(22-17)11-18-16(21)13-5-3-2-4-6-13/h7-10,13H,2-6,11H2,1H3,(H,18,21). The molecule has 0 saturated heterocycles. The summed E-state index contributed by atoms with van der Waals surface area (Å²) in [5.41, 5.74) is 2.08. The van der Waals surface area contributed by atoms with Crippen LogP contribution in [0.2, 0.25) is 0 Å². The second kappa shape index (κ2) is 6.73. The fourth-order valence-corrected chi connectivity index (χ4v) is 2.81. The quantitative estimate of drug-likeness (QED) is 0.941. The van der Waals surface area contributed by atoms with Crippen LogP contribution in [0, 0.1) is 12.8 Å². The molecule has 1 heterocycles. The highest BCUT2D eigenvalue weighted by atomic mass is 16.4. The van der Waals surface area contributed by atoms with Gasteiger partial charge in [-0.15, -0.1) is 10.2 Å². The van der Waals surface area contributed by atoms with Gasteiger partial charge in [-0.1, -0.05) is 37.0 Å². The van der Waals surface area contributed by atoms with Crippen LogP contribution in [0.25, 0.3) is 11.5 Å². The van der Waals surface area contributed by atoms with Crippen LogP contribution in [-0.4, -0.2) is 16.1 Å². The van der Waals surface area contributed by atoms with E-state index < -0.39 is 0 Å². The van der Waals surface area contributed by atoms with E-state index >= 15 is 0 Å². The second-order valence-electron chi connectivity index (χ2n) is 5.92. The maximum absolute atomic E-state index is 12.1. The largest absolute Gasteiger partial charge is 0.419 e. The van der Waals surface area contributed by atoms with Gasteiger partial charge >= 0.3 is 0 Å². The zero-order chi connectivity index (χ0) is 15.4. The molecule has 0 bridgehead atoms. The molecule has 0 spiro atoms. The Morgan fingerprint density at radius 2 is 1.91 bits per heavy atom. The van der Waals surface area contributed by atoms with Crippen molar-refractivity contribution in [3.05, 3.63) is 35.7 Å². The van der Waals surface area contributed by atoms with Gasteiger partial charge in [0.2, 0.25) is 17.7 Å². The first-order valence-corrected chi connectivity index (χ1v) is 7.89. The highest BCUT2D eigenvalue weighted by Crippen LogP contribution is 2.24. The van der Waals surface area contributed by atoms with Crippen molar-refractivity contribution in [3.63, 3.8) is 0 Å². The van der Waals surface area contributed by atoms with Crippen molar-refractivity contribution in [2.45, 2.75) is 45.6 Å². The number of aromatic nitrogens is 2. The summed E-state index contributed by atoms with van der Waals surface area (Å²) in [6.45, 7) is 2.33. The lowest BCUT2D eigenvalue weighted by molar-refractivity contribution is -0.126.